The molecule has 140 valence electrons. The van der Waals surface area contributed by atoms with Crippen LogP contribution in [0, 0.1) is 0 Å². The number of hydrogen-bond donors (Lipinski definition) is 2. The van der Waals surface area contributed by atoms with Gasteiger partial charge >= 0.3 is 0 Å². The first kappa shape index (κ1) is 18.3. The van der Waals surface area contributed by atoms with Crippen molar-refractivity contribution in [2.45, 2.75) is 18.2 Å². The molecule has 28 heavy (non-hydrogen) atoms. The SMILES string of the molecule is O=C(C[C@@H]1SC(=NCc2ccccc2)NC1=O)Nc1ccc2ccccc2c1. The van der Waals surface area contributed by atoms with Crippen LogP contribution in [-0.2, 0) is 16.1 Å². The molecular weight excluding hydrogens is 370 g/mol. The summed E-state index contributed by atoms with van der Waals surface area (Å²) < 4.78 is 0. The molecule has 1 heterocycles. The van der Waals surface area contributed by atoms with Gasteiger partial charge in [-0.2, -0.15) is 0 Å². The predicted octanol–water partition coefficient (Wildman–Crippen LogP) is 3.96. The maximum Gasteiger partial charge on any atom is 0.240 e. The molecule has 0 bridgehead atoms. The molecule has 0 aliphatic carbocycles. The Labute approximate surface area is 167 Å². The number of fused-ring (bicyclic) bond motifs is 1. The minimum Gasteiger partial charge on any atom is -0.326 e. The molecule has 3 aromatic carbocycles. The number of thioether (sulfide) groups is 1. The summed E-state index contributed by atoms with van der Waals surface area (Å²) in [4.78, 5) is 29.0. The second kappa shape index (κ2) is 8.27. The highest BCUT2D eigenvalue weighted by atomic mass is 32.2. The topological polar surface area (TPSA) is 70.6 Å². The number of nitrogens with zero attached hydrogens (tertiary/aromatic N) is 1. The van der Waals surface area contributed by atoms with Crippen molar-refractivity contribution < 1.29 is 9.59 Å². The van der Waals surface area contributed by atoms with Gasteiger partial charge < -0.3 is 10.6 Å². The first-order chi connectivity index (χ1) is 13.7. The van der Waals surface area contributed by atoms with Crippen molar-refractivity contribution in [3.05, 3.63) is 78.4 Å². The summed E-state index contributed by atoms with van der Waals surface area (Å²) in [5.74, 6) is -0.363. The molecule has 5 nitrogen and oxygen atoms in total. The van der Waals surface area contributed by atoms with Crippen molar-refractivity contribution in [3.8, 4) is 0 Å². The van der Waals surface area contributed by atoms with Gasteiger partial charge in [0.05, 0.1) is 6.54 Å². The first-order valence-corrected chi connectivity index (χ1v) is 9.90. The second-order valence-electron chi connectivity index (χ2n) is 6.52. The van der Waals surface area contributed by atoms with E-state index >= 15 is 0 Å². The number of nitrogens with one attached hydrogen (secondary N) is 2. The van der Waals surface area contributed by atoms with Crippen LogP contribution in [-0.4, -0.2) is 22.2 Å². The minimum atomic E-state index is -0.463. The molecule has 4 rings (SSSR count). The molecule has 0 spiro atoms. The number of carbonyl (C=O) groups excluding carboxylic acids is 2. The van der Waals surface area contributed by atoms with Gasteiger partial charge in [0.1, 0.15) is 5.25 Å². The number of amides is 2. The summed E-state index contributed by atoms with van der Waals surface area (Å²) >= 11 is 1.31. The lowest BCUT2D eigenvalue weighted by molar-refractivity contribution is -0.122. The lowest BCUT2D eigenvalue weighted by atomic mass is 10.1. The molecule has 6 heteroatoms. The highest BCUT2D eigenvalue weighted by molar-refractivity contribution is 8.15. The summed E-state index contributed by atoms with van der Waals surface area (Å²) in [5.41, 5.74) is 1.80. The van der Waals surface area contributed by atoms with Crippen LogP contribution >= 0.6 is 11.8 Å². The highest BCUT2D eigenvalue weighted by Gasteiger charge is 2.31. The van der Waals surface area contributed by atoms with Gasteiger partial charge in [-0.3, -0.25) is 14.6 Å². The Kier molecular flexibility index (Phi) is 5.39. The number of rotatable bonds is 5. The van der Waals surface area contributed by atoms with E-state index in [9.17, 15) is 9.59 Å². The van der Waals surface area contributed by atoms with Gasteiger partial charge in [0.25, 0.3) is 0 Å². The van der Waals surface area contributed by atoms with E-state index in [0.29, 0.717) is 11.7 Å². The molecule has 2 amide bonds. The summed E-state index contributed by atoms with van der Waals surface area (Å²) in [5, 5.41) is 7.92. The van der Waals surface area contributed by atoms with Crippen molar-refractivity contribution in [1.82, 2.24) is 5.32 Å². The van der Waals surface area contributed by atoms with Gasteiger partial charge in [0.15, 0.2) is 5.17 Å². The van der Waals surface area contributed by atoms with E-state index in [-0.39, 0.29) is 18.2 Å². The Hall–Kier alpha value is -3.12. The van der Waals surface area contributed by atoms with Crippen LogP contribution in [0.3, 0.4) is 0 Å². The number of hydrogen-bond acceptors (Lipinski definition) is 4. The van der Waals surface area contributed by atoms with Gasteiger partial charge in [0.2, 0.25) is 11.8 Å². The van der Waals surface area contributed by atoms with E-state index in [1.807, 2.05) is 72.8 Å². The fourth-order valence-corrected chi connectivity index (χ4v) is 3.98. The summed E-state index contributed by atoms with van der Waals surface area (Å²) in [7, 11) is 0. The van der Waals surface area contributed by atoms with Gasteiger partial charge in [0, 0.05) is 12.1 Å². The molecule has 1 fully saturated rings. The van der Waals surface area contributed by atoms with E-state index < -0.39 is 5.25 Å². The Bertz CT molecular complexity index is 1050. The van der Waals surface area contributed by atoms with Crippen LogP contribution in [0.2, 0.25) is 0 Å². The summed E-state index contributed by atoms with van der Waals surface area (Å²) in [6.45, 7) is 0.499. The number of anilines is 1. The standard InChI is InChI=1S/C22H19N3O2S/c26-20(24-18-11-10-16-8-4-5-9-17(16)12-18)13-19-21(27)25-22(28-19)23-14-15-6-2-1-3-7-15/h1-12,19H,13-14H2,(H,24,26)(H,23,25,27)/t19-/m0/s1. The van der Waals surface area contributed by atoms with Crippen LogP contribution < -0.4 is 10.6 Å². The Morgan fingerprint density at radius 2 is 1.75 bits per heavy atom. The smallest absolute Gasteiger partial charge is 0.240 e. The van der Waals surface area contributed by atoms with Crippen LogP contribution in [0.5, 0.6) is 0 Å². The zero-order chi connectivity index (χ0) is 19.3. The van der Waals surface area contributed by atoms with E-state index in [2.05, 4.69) is 15.6 Å². The number of carbonyl (C=O) groups is 2. The van der Waals surface area contributed by atoms with Crippen molar-refractivity contribution in [2.75, 3.05) is 5.32 Å². The fraction of sp³-hybridized carbons (Fsp3) is 0.136. The first-order valence-electron chi connectivity index (χ1n) is 9.02. The molecule has 3 aromatic rings. The third kappa shape index (κ3) is 4.40. The lowest BCUT2D eigenvalue weighted by Gasteiger charge is -2.08. The van der Waals surface area contributed by atoms with Crippen LogP contribution in [0.15, 0.2) is 77.8 Å². The van der Waals surface area contributed by atoms with E-state index in [4.69, 9.17) is 0 Å². The Morgan fingerprint density at radius 3 is 2.57 bits per heavy atom. The van der Waals surface area contributed by atoms with Crippen molar-refractivity contribution >= 4 is 45.2 Å². The highest BCUT2D eigenvalue weighted by Crippen LogP contribution is 2.24. The molecule has 2 N–H and O–H groups in total. The summed E-state index contributed by atoms with van der Waals surface area (Å²) in [6, 6.07) is 23.6. The molecule has 1 aliphatic heterocycles. The molecule has 1 atom stereocenters. The van der Waals surface area contributed by atoms with Crippen LogP contribution in [0.4, 0.5) is 5.69 Å². The van der Waals surface area contributed by atoms with Crippen LogP contribution in [0.25, 0.3) is 10.8 Å². The Balaban J connectivity index is 1.35. The zero-order valence-electron chi connectivity index (χ0n) is 15.1. The maximum atomic E-state index is 12.4. The molecule has 1 saturated heterocycles. The number of aliphatic imine (C=N–C) groups is 1. The van der Waals surface area contributed by atoms with Gasteiger partial charge in [-0.25, -0.2) is 0 Å². The van der Waals surface area contributed by atoms with E-state index in [1.165, 1.54) is 11.8 Å². The van der Waals surface area contributed by atoms with Crippen LogP contribution in [0.1, 0.15) is 12.0 Å². The molecule has 0 radical (unpaired) electrons. The van der Waals surface area contributed by atoms with Gasteiger partial charge in [-0.1, -0.05) is 72.4 Å². The van der Waals surface area contributed by atoms with Gasteiger partial charge in [-0.15, -0.1) is 0 Å². The largest absolute Gasteiger partial charge is 0.326 e. The predicted molar refractivity (Wildman–Crippen MR) is 114 cm³/mol. The number of benzene rings is 3. The maximum absolute atomic E-state index is 12.4. The van der Waals surface area contributed by atoms with Crippen molar-refractivity contribution in [1.29, 1.82) is 0 Å². The number of amidine groups is 1. The Morgan fingerprint density at radius 1 is 1.00 bits per heavy atom. The van der Waals surface area contributed by atoms with Gasteiger partial charge in [-0.05, 0) is 28.5 Å². The minimum absolute atomic E-state index is 0.105. The quantitative estimate of drug-likeness (QED) is 0.694. The van der Waals surface area contributed by atoms with Crippen molar-refractivity contribution in [2.24, 2.45) is 4.99 Å². The third-order valence-corrected chi connectivity index (χ3v) is 5.55. The molecule has 1 aliphatic rings. The van der Waals surface area contributed by atoms with E-state index in [0.717, 1.165) is 22.0 Å². The second-order valence-corrected chi connectivity index (χ2v) is 7.71. The molecule has 0 saturated carbocycles. The van der Waals surface area contributed by atoms with Crippen molar-refractivity contribution in [3.63, 3.8) is 0 Å². The zero-order valence-corrected chi connectivity index (χ0v) is 15.9. The fourth-order valence-electron chi connectivity index (χ4n) is 3.01. The third-order valence-electron chi connectivity index (χ3n) is 4.43. The average molecular weight is 389 g/mol. The molecule has 0 unspecified atom stereocenters. The normalized spacial score (nSPS) is 17.6. The summed E-state index contributed by atoms with van der Waals surface area (Å²) in [6.07, 6.45) is 0.105. The monoisotopic (exact) mass is 389 g/mol. The molecule has 0 aromatic heterocycles. The molecular formula is C22H19N3O2S. The lowest BCUT2D eigenvalue weighted by Crippen LogP contribution is -2.28. The van der Waals surface area contributed by atoms with E-state index in [1.54, 1.807) is 0 Å². The average Bonchev–Trinajstić information content (AvgIpc) is 3.06.